The third-order valence-electron chi connectivity index (χ3n) is 3.62. The van der Waals surface area contributed by atoms with Gasteiger partial charge in [-0.05, 0) is 42.8 Å². The van der Waals surface area contributed by atoms with E-state index in [0.29, 0.717) is 5.82 Å². The first kappa shape index (κ1) is 17.5. The maximum atomic E-state index is 12.8. The molecule has 0 bridgehead atoms. The molecule has 0 aliphatic heterocycles. The van der Waals surface area contributed by atoms with Gasteiger partial charge in [-0.25, -0.2) is 9.97 Å². The molecule has 0 unspecified atom stereocenters. The molecule has 2 aromatic carbocycles. The Morgan fingerprint density at radius 2 is 1.46 bits per heavy atom. The number of aryl methyl sites for hydroxylation is 1. The summed E-state index contributed by atoms with van der Waals surface area (Å²) in [6, 6.07) is 12.4. The van der Waals surface area contributed by atoms with Crippen LogP contribution in [0.2, 0.25) is 0 Å². The highest BCUT2D eigenvalue weighted by Crippen LogP contribution is 2.33. The molecule has 4 N–H and O–H groups in total. The molecule has 0 aliphatic carbocycles. The topological polar surface area (TPSA) is 75.9 Å². The van der Waals surface area contributed by atoms with Gasteiger partial charge in [-0.15, -0.1) is 0 Å². The first-order valence-electron chi connectivity index (χ1n) is 7.71. The molecule has 0 fully saturated rings. The van der Waals surface area contributed by atoms with Gasteiger partial charge in [0.05, 0.1) is 5.56 Å². The van der Waals surface area contributed by atoms with E-state index in [9.17, 15) is 13.2 Å². The Labute approximate surface area is 148 Å². The molecule has 1 heterocycles. The summed E-state index contributed by atoms with van der Waals surface area (Å²) in [6.07, 6.45) is -3.14. The number of nitrogens with two attached hydrogens (primary N) is 1. The van der Waals surface area contributed by atoms with Crippen molar-refractivity contribution in [2.24, 2.45) is 0 Å². The molecule has 5 nitrogen and oxygen atoms in total. The van der Waals surface area contributed by atoms with Crippen molar-refractivity contribution in [3.8, 4) is 0 Å². The van der Waals surface area contributed by atoms with E-state index in [2.05, 4.69) is 20.6 Å². The van der Waals surface area contributed by atoms with Gasteiger partial charge in [-0.1, -0.05) is 18.2 Å². The van der Waals surface area contributed by atoms with Gasteiger partial charge in [0.2, 0.25) is 0 Å². The fraction of sp³-hybridized carbons (Fsp3) is 0.111. The van der Waals surface area contributed by atoms with Gasteiger partial charge in [-0.2, -0.15) is 13.2 Å². The van der Waals surface area contributed by atoms with Crippen LogP contribution in [0, 0.1) is 6.92 Å². The van der Waals surface area contributed by atoms with Crippen molar-refractivity contribution in [2.75, 3.05) is 16.4 Å². The maximum Gasteiger partial charge on any atom is 0.416 e. The average Bonchev–Trinajstić information content (AvgIpc) is 2.58. The van der Waals surface area contributed by atoms with Crippen molar-refractivity contribution in [2.45, 2.75) is 13.1 Å². The van der Waals surface area contributed by atoms with E-state index in [-0.39, 0.29) is 17.2 Å². The standard InChI is InChI=1S/C18H16F3N5/c1-11-4-2-6-13(8-11)25-16-15(22)17(24-10-23-16)26-14-7-3-5-12(9-14)18(19,20)21/h2-10H,22H2,1H3,(H2,23,24,25,26). The van der Waals surface area contributed by atoms with Crippen molar-refractivity contribution in [1.82, 2.24) is 9.97 Å². The SMILES string of the molecule is Cc1cccc(Nc2ncnc(Nc3cccc(C(F)(F)F)c3)c2N)c1. The van der Waals surface area contributed by atoms with Gasteiger partial charge in [0.25, 0.3) is 0 Å². The third-order valence-corrected chi connectivity index (χ3v) is 3.62. The molecular weight excluding hydrogens is 343 g/mol. The lowest BCUT2D eigenvalue weighted by atomic mass is 10.2. The fourth-order valence-corrected chi connectivity index (χ4v) is 2.36. The van der Waals surface area contributed by atoms with Crippen molar-refractivity contribution < 1.29 is 13.2 Å². The quantitative estimate of drug-likeness (QED) is 0.619. The number of hydrogen-bond acceptors (Lipinski definition) is 5. The molecule has 0 aliphatic rings. The fourth-order valence-electron chi connectivity index (χ4n) is 2.36. The summed E-state index contributed by atoms with van der Waals surface area (Å²) in [4.78, 5) is 8.11. The Balaban J connectivity index is 1.86. The molecule has 3 aromatic rings. The second kappa shape index (κ2) is 6.91. The number of halogens is 3. The van der Waals surface area contributed by atoms with Crippen molar-refractivity contribution in [1.29, 1.82) is 0 Å². The Kier molecular flexibility index (Phi) is 4.66. The zero-order valence-electron chi connectivity index (χ0n) is 13.8. The molecule has 0 saturated carbocycles. The molecule has 3 rings (SSSR count). The first-order chi connectivity index (χ1) is 12.3. The zero-order chi connectivity index (χ0) is 18.7. The molecule has 26 heavy (non-hydrogen) atoms. The summed E-state index contributed by atoms with van der Waals surface area (Å²) in [5, 5.41) is 5.88. The largest absolute Gasteiger partial charge is 0.416 e. The van der Waals surface area contributed by atoms with Crippen LogP contribution in [0.25, 0.3) is 0 Å². The van der Waals surface area contributed by atoms with Crippen molar-refractivity contribution >= 4 is 28.7 Å². The smallest absolute Gasteiger partial charge is 0.393 e. The Bertz CT molecular complexity index is 925. The van der Waals surface area contributed by atoms with Gasteiger partial charge >= 0.3 is 6.18 Å². The molecule has 0 spiro atoms. The van der Waals surface area contributed by atoms with Crippen molar-refractivity contribution in [3.05, 3.63) is 66.0 Å². The van der Waals surface area contributed by atoms with E-state index >= 15 is 0 Å². The second-order valence-electron chi connectivity index (χ2n) is 5.68. The van der Waals surface area contributed by atoms with Gasteiger partial charge in [-0.3, -0.25) is 0 Å². The number of nitrogens with zero attached hydrogens (tertiary/aromatic N) is 2. The molecule has 8 heteroatoms. The van der Waals surface area contributed by atoms with Crippen LogP contribution in [-0.2, 0) is 6.18 Å². The summed E-state index contributed by atoms with van der Waals surface area (Å²) >= 11 is 0. The number of nitrogens with one attached hydrogen (secondary N) is 2. The number of alkyl halides is 3. The number of rotatable bonds is 4. The molecule has 0 saturated heterocycles. The average molecular weight is 359 g/mol. The van der Waals surface area contributed by atoms with E-state index in [4.69, 9.17) is 5.73 Å². The van der Waals surface area contributed by atoms with Gasteiger partial charge < -0.3 is 16.4 Å². The van der Waals surface area contributed by atoms with Gasteiger partial charge in [0.1, 0.15) is 12.0 Å². The Morgan fingerprint density at radius 3 is 2.04 bits per heavy atom. The number of aromatic nitrogens is 2. The zero-order valence-corrected chi connectivity index (χ0v) is 13.8. The van der Waals surface area contributed by atoms with E-state index in [1.165, 1.54) is 18.5 Å². The van der Waals surface area contributed by atoms with Crippen LogP contribution in [0.3, 0.4) is 0 Å². The number of nitrogen functional groups attached to an aromatic ring is 1. The van der Waals surface area contributed by atoms with E-state index in [1.54, 1.807) is 0 Å². The van der Waals surface area contributed by atoms with E-state index < -0.39 is 11.7 Å². The number of anilines is 5. The summed E-state index contributed by atoms with van der Waals surface area (Å²) < 4.78 is 38.5. The van der Waals surface area contributed by atoms with Crippen LogP contribution < -0.4 is 16.4 Å². The van der Waals surface area contributed by atoms with Gasteiger partial charge in [0.15, 0.2) is 11.6 Å². The Hall–Kier alpha value is -3.29. The van der Waals surface area contributed by atoms with Crippen LogP contribution in [-0.4, -0.2) is 9.97 Å². The minimum atomic E-state index is -4.42. The van der Waals surface area contributed by atoms with Crippen LogP contribution in [0.15, 0.2) is 54.9 Å². The molecular formula is C18H16F3N5. The van der Waals surface area contributed by atoms with E-state index in [1.807, 2.05) is 31.2 Å². The third kappa shape index (κ3) is 4.02. The van der Waals surface area contributed by atoms with Crippen LogP contribution in [0.1, 0.15) is 11.1 Å². The highest BCUT2D eigenvalue weighted by Gasteiger charge is 2.30. The lowest BCUT2D eigenvalue weighted by Crippen LogP contribution is -2.07. The number of hydrogen-bond donors (Lipinski definition) is 3. The summed E-state index contributed by atoms with van der Waals surface area (Å²) in [5.41, 5.74) is 7.59. The monoisotopic (exact) mass is 359 g/mol. The highest BCUT2D eigenvalue weighted by molar-refractivity contribution is 5.80. The number of benzene rings is 2. The molecule has 0 amide bonds. The summed E-state index contributed by atoms with van der Waals surface area (Å²) in [7, 11) is 0. The van der Waals surface area contributed by atoms with Crippen LogP contribution >= 0.6 is 0 Å². The highest BCUT2D eigenvalue weighted by atomic mass is 19.4. The molecule has 1 aromatic heterocycles. The minimum Gasteiger partial charge on any atom is -0.393 e. The predicted octanol–water partition coefficient (Wildman–Crippen LogP) is 4.87. The lowest BCUT2D eigenvalue weighted by Gasteiger charge is -2.14. The normalized spacial score (nSPS) is 11.2. The predicted molar refractivity (Wildman–Crippen MR) is 95.6 cm³/mol. The molecule has 0 radical (unpaired) electrons. The van der Waals surface area contributed by atoms with Gasteiger partial charge in [0, 0.05) is 11.4 Å². The lowest BCUT2D eigenvalue weighted by molar-refractivity contribution is -0.137. The molecule has 134 valence electrons. The first-order valence-corrected chi connectivity index (χ1v) is 7.71. The van der Waals surface area contributed by atoms with Crippen molar-refractivity contribution in [3.63, 3.8) is 0 Å². The summed E-state index contributed by atoms with van der Waals surface area (Å²) in [6.45, 7) is 1.95. The minimum absolute atomic E-state index is 0.200. The Morgan fingerprint density at radius 1 is 0.885 bits per heavy atom. The summed E-state index contributed by atoms with van der Waals surface area (Å²) in [5.74, 6) is 0.578. The maximum absolute atomic E-state index is 12.8. The van der Waals surface area contributed by atoms with Crippen LogP contribution in [0.5, 0.6) is 0 Å². The molecule has 0 atom stereocenters. The second-order valence-corrected chi connectivity index (χ2v) is 5.68. The van der Waals surface area contributed by atoms with E-state index in [0.717, 1.165) is 23.4 Å². The van der Waals surface area contributed by atoms with Crippen LogP contribution in [0.4, 0.5) is 41.9 Å².